The predicted molar refractivity (Wildman–Crippen MR) is 68.2 cm³/mol. The van der Waals surface area contributed by atoms with Crippen molar-refractivity contribution in [3.63, 3.8) is 0 Å². The van der Waals surface area contributed by atoms with E-state index < -0.39 is 0 Å². The van der Waals surface area contributed by atoms with E-state index >= 15 is 0 Å². The molecule has 18 heavy (non-hydrogen) atoms. The maximum Gasteiger partial charge on any atom is 0.247 e. The summed E-state index contributed by atoms with van der Waals surface area (Å²) in [5.41, 5.74) is 2.20. The van der Waals surface area contributed by atoms with Gasteiger partial charge in [-0.15, -0.1) is 10.2 Å². The molecule has 90 valence electrons. The molecule has 0 amide bonds. The largest absolute Gasteiger partial charge is 0.420 e. The molecule has 4 rings (SSSR count). The first kappa shape index (κ1) is 9.88. The summed E-state index contributed by atoms with van der Waals surface area (Å²) in [4.78, 5) is 0. The third kappa shape index (κ3) is 1.45. The van der Waals surface area contributed by atoms with Crippen LogP contribution in [0.2, 0.25) is 0 Å². The van der Waals surface area contributed by atoms with Crippen LogP contribution in [0.15, 0.2) is 34.9 Å². The summed E-state index contributed by atoms with van der Waals surface area (Å²) in [5.74, 6) is 1.92. The second-order valence-electron chi connectivity index (χ2n) is 4.92. The second kappa shape index (κ2) is 3.45. The Morgan fingerprint density at radius 1 is 1.22 bits per heavy atom. The molecule has 3 aromatic rings. The maximum atomic E-state index is 5.72. The van der Waals surface area contributed by atoms with Crippen molar-refractivity contribution in [1.82, 2.24) is 14.8 Å². The Morgan fingerprint density at radius 2 is 2.11 bits per heavy atom. The van der Waals surface area contributed by atoms with Crippen LogP contribution in [0.5, 0.6) is 0 Å². The molecule has 0 atom stereocenters. The quantitative estimate of drug-likeness (QED) is 0.690. The van der Waals surface area contributed by atoms with Crippen LogP contribution in [-0.2, 0) is 7.05 Å². The van der Waals surface area contributed by atoms with Crippen molar-refractivity contribution in [2.75, 3.05) is 0 Å². The van der Waals surface area contributed by atoms with E-state index in [1.807, 2.05) is 13.1 Å². The van der Waals surface area contributed by atoms with Crippen LogP contribution >= 0.6 is 0 Å². The lowest BCUT2D eigenvalue weighted by Crippen LogP contribution is -1.84. The normalized spacial score (nSPS) is 15.4. The van der Waals surface area contributed by atoms with Crippen LogP contribution in [0.4, 0.5) is 0 Å². The van der Waals surface area contributed by atoms with E-state index in [0.717, 1.165) is 11.5 Å². The van der Waals surface area contributed by atoms with Gasteiger partial charge in [0.05, 0.1) is 0 Å². The third-order valence-corrected chi connectivity index (χ3v) is 3.50. The van der Waals surface area contributed by atoms with E-state index in [4.69, 9.17) is 4.42 Å². The molecule has 4 heteroatoms. The zero-order valence-electron chi connectivity index (χ0n) is 10.1. The van der Waals surface area contributed by atoms with Crippen LogP contribution in [-0.4, -0.2) is 14.8 Å². The average molecular weight is 239 g/mol. The minimum atomic E-state index is 0.506. The third-order valence-electron chi connectivity index (χ3n) is 3.50. The van der Waals surface area contributed by atoms with Gasteiger partial charge in [0.15, 0.2) is 0 Å². The highest BCUT2D eigenvalue weighted by Gasteiger charge is 2.29. The average Bonchev–Trinajstić information content (AvgIpc) is 3.01. The first-order valence-corrected chi connectivity index (χ1v) is 6.20. The number of aryl methyl sites for hydroxylation is 1. The highest BCUT2D eigenvalue weighted by Crippen LogP contribution is 2.40. The smallest absolute Gasteiger partial charge is 0.247 e. The van der Waals surface area contributed by atoms with Crippen molar-refractivity contribution in [2.45, 2.75) is 18.8 Å². The highest BCUT2D eigenvalue weighted by atomic mass is 16.4. The zero-order chi connectivity index (χ0) is 12.1. The molecule has 1 aliphatic rings. The number of fused-ring (bicyclic) bond motifs is 1. The molecular weight excluding hydrogens is 226 g/mol. The number of rotatable bonds is 2. The molecule has 1 fully saturated rings. The molecule has 1 aliphatic carbocycles. The molecule has 0 spiro atoms. The van der Waals surface area contributed by atoms with Crippen LogP contribution in [0.1, 0.15) is 24.7 Å². The lowest BCUT2D eigenvalue weighted by Gasteiger charge is -1.98. The van der Waals surface area contributed by atoms with Crippen LogP contribution in [0.3, 0.4) is 0 Å². The molecule has 0 N–H and O–H groups in total. The molecular formula is C14H13N3O. The van der Waals surface area contributed by atoms with E-state index in [9.17, 15) is 0 Å². The van der Waals surface area contributed by atoms with Gasteiger partial charge in [-0.3, -0.25) is 0 Å². The summed E-state index contributed by atoms with van der Waals surface area (Å²) in [6.45, 7) is 0. The Kier molecular flexibility index (Phi) is 1.89. The number of benzene rings is 1. The van der Waals surface area contributed by atoms with E-state index in [2.05, 4.69) is 39.2 Å². The summed E-state index contributed by atoms with van der Waals surface area (Å²) in [7, 11) is 2.04. The summed E-state index contributed by atoms with van der Waals surface area (Å²) in [5, 5.41) is 9.45. The van der Waals surface area contributed by atoms with Gasteiger partial charge in [-0.05, 0) is 37.1 Å². The van der Waals surface area contributed by atoms with Crippen molar-refractivity contribution in [2.24, 2.45) is 7.05 Å². The van der Waals surface area contributed by atoms with Gasteiger partial charge in [0, 0.05) is 35.6 Å². The molecule has 0 radical (unpaired) electrons. The van der Waals surface area contributed by atoms with Gasteiger partial charge < -0.3 is 8.98 Å². The van der Waals surface area contributed by atoms with Crippen LogP contribution < -0.4 is 0 Å². The standard InChI is InChI=1S/C14H13N3O/c1-17-7-6-10-8-11(4-5-12(10)17)14-16-15-13(18-14)9-2-3-9/h4-9H,2-3H2,1H3. The summed E-state index contributed by atoms with van der Waals surface area (Å²) >= 11 is 0. The molecule has 1 saturated carbocycles. The fourth-order valence-corrected chi connectivity index (χ4v) is 2.26. The fraction of sp³-hybridized carbons (Fsp3) is 0.286. The van der Waals surface area contributed by atoms with Gasteiger partial charge in [0.1, 0.15) is 0 Å². The molecule has 0 unspecified atom stereocenters. The summed E-state index contributed by atoms with van der Waals surface area (Å²) in [6.07, 6.45) is 4.41. The Labute approximate surface area is 104 Å². The van der Waals surface area contributed by atoms with Gasteiger partial charge in [-0.2, -0.15) is 0 Å². The Balaban J connectivity index is 1.80. The fourth-order valence-electron chi connectivity index (χ4n) is 2.26. The van der Waals surface area contributed by atoms with E-state index in [1.165, 1.54) is 23.7 Å². The molecule has 0 bridgehead atoms. The van der Waals surface area contributed by atoms with Gasteiger partial charge in [-0.1, -0.05) is 0 Å². The van der Waals surface area contributed by atoms with E-state index in [-0.39, 0.29) is 0 Å². The Morgan fingerprint density at radius 3 is 2.94 bits per heavy atom. The lowest BCUT2D eigenvalue weighted by atomic mass is 10.1. The van der Waals surface area contributed by atoms with E-state index in [0.29, 0.717) is 11.8 Å². The number of hydrogen-bond donors (Lipinski definition) is 0. The molecule has 2 aromatic heterocycles. The molecule has 1 aromatic carbocycles. The molecule has 0 saturated heterocycles. The van der Waals surface area contributed by atoms with Crippen molar-refractivity contribution in [3.8, 4) is 11.5 Å². The minimum absolute atomic E-state index is 0.506. The number of hydrogen-bond acceptors (Lipinski definition) is 3. The topological polar surface area (TPSA) is 43.9 Å². The van der Waals surface area contributed by atoms with Crippen molar-refractivity contribution >= 4 is 10.9 Å². The van der Waals surface area contributed by atoms with Gasteiger partial charge in [-0.25, -0.2) is 0 Å². The lowest BCUT2D eigenvalue weighted by molar-refractivity contribution is 0.508. The maximum absolute atomic E-state index is 5.72. The van der Waals surface area contributed by atoms with Gasteiger partial charge in [0.25, 0.3) is 0 Å². The Hall–Kier alpha value is -2.10. The summed E-state index contributed by atoms with van der Waals surface area (Å²) < 4.78 is 7.82. The monoisotopic (exact) mass is 239 g/mol. The van der Waals surface area contributed by atoms with Crippen LogP contribution in [0, 0.1) is 0 Å². The van der Waals surface area contributed by atoms with Crippen molar-refractivity contribution in [1.29, 1.82) is 0 Å². The first-order chi connectivity index (χ1) is 8.81. The predicted octanol–water partition coefficient (Wildman–Crippen LogP) is 3.11. The molecule has 2 heterocycles. The minimum Gasteiger partial charge on any atom is -0.420 e. The highest BCUT2D eigenvalue weighted by molar-refractivity contribution is 5.84. The number of nitrogens with zero attached hydrogens (tertiary/aromatic N) is 3. The SMILES string of the molecule is Cn1ccc2cc(-c3nnc(C4CC4)o3)ccc21. The Bertz CT molecular complexity index is 722. The van der Waals surface area contributed by atoms with Gasteiger partial charge >= 0.3 is 0 Å². The van der Waals surface area contributed by atoms with E-state index in [1.54, 1.807) is 0 Å². The second-order valence-corrected chi connectivity index (χ2v) is 4.92. The van der Waals surface area contributed by atoms with Crippen molar-refractivity contribution in [3.05, 3.63) is 36.4 Å². The van der Waals surface area contributed by atoms with Crippen molar-refractivity contribution < 1.29 is 4.42 Å². The molecule has 0 aliphatic heterocycles. The van der Waals surface area contributed by atoms with Gasteiger partial charge in [0.2, 0.25) is 11.8 Å². The molecule has 4 nitrogen and oxygen atoms in total. The first-order valence-electron chi connectivity index (χ1n) is 6.20. The number of aromatic nitrogens is 3. The van der Waals surface area contributed by atoms with Crippen LogP contribution in [0.25, 0.3) is 22.4 Å². The summed E-state index contributed by atoms with van der Waals surface area (Å²) in [6, 6.07) is 8.31. The zero-order valence-corrected chi connectivity index (χ0v) is 10.1.